The molecule has 6 N–H and O–H groups in total. The highest BCUT2D eigenvalue weighted by molar-refractivity contribution is 6.31. The van der Waals surface area contributed by atoms with E-state index in [1.807, 2.05) is 0 Å². The molecule has 0 aliphatic rings. The Morgan fingerprint density at radius 2 is 1.62 bits per heavy atom. The zero-order chi connectivity index (χ0) is 28.5. The third-order valence-electron chi connectivity index (χ3n) is 5.44. The lowest BCUT2D eigenvalue weighted by atomic mass is 10.1. The second kappa shape index (κ2) is 13.1. The lowest BCUT2D eigenvalue weighted by molar-refractivity contribution is -0.137. The average Bonchev–Trinajstić information content (AvgIpc) is 2.87. The number of amides is 1. The van der Waals surface area contributed by atoms with Crippen LogP contribution in [0.5, 0.6) is 5.75 Å². The molecule has 0 fully saturated rings. The number of carboxylic acids is 2. The summed E-state index contributed by atoms with van der Waals surface area (Å²) < 4.78 is 5.37. The highest BCUT2D eigenvalue weighted by Gasteiger charge is 2.20. The fourth-order valence-corrected chi connectivity index (χ4v) is 3.87. The lowest BCUT2D eigenvalue weighted by Crippen LogP contribution is -2.35. The molecular formula is C27H25ClN4O7. The van der Waals surface area contributed by atoms with Crippen LogP contribution in [0.4, 0.5) is 11.4 Å². The molecule has 0 saturated carbocycles. The predicted octanol–water partition coefficient (Wildman–Crippen LogP) is 3.54. The zero-order valence-electron chi connectivity index (χ0n) is 20.5. The number of carbonyl (C=O) groups excluding carboxylic acids is 2. The quantitative estimate of drug-likeness (QED) is 0.103. The van der Waals surface area contributed by atoms with Crippen molar-refractivity contribution in [1.82, 2.24) is 0 Å². The highest BCUT2D eigenvalue weighted by Crippen LogP contribution is 2.25. The zero-order valence-corrected chi connectivity index (χ0v) is 21.3. The number of esters is 1. The van der Waals surface area contributed by atoms with Crippen LogP contribution in [0.2, 0.25) is 5.02 Å². The summed E-state index contributed by atoms with van der Waals surface area (Å²) in [7, 11) is 0. The molecule has 1 amide bonds. The molecular weight excluding hydrogens is 528 g/mol. The maximum atomic E-state index is 12.9. The van der Waals surface area contributed by atoms with E-state index in [0.29, 0.717) is 22.5 Å². The van der Waals surface area contributed by atoms with E-state index in [4.69, 9.17) is 32.6 Å². The number of aliphatic carboxylic acids is 2. The van der Waals surface area contributed by atoms with E-state index in [0.717, 1.165) is 4.90 Å². The second-order valence-corrected chi connectivity index (χ2v) is 8.78. The number of guanidine groups is 1. The van der Waals surface area contributed by atoms with E-state index in [1.54, 1.807) is 18.2 Å². The number of nitrogens with two attached hydrogens (primary N) is 1. The van der Waals surface area contributed by atoms with Crippen LogP contribution >= 0.6 is 11.6 Å². The normalized spacial score (nSPS) is 10.4. The number of carboxylic acid groups (broad SMARTS) is 2. The molecule has 39 heavy (non-hydrogen) atoms. The van der Waals surface area contributed by atoms with Gasteiger partial charge in [0.05, 0.1) is 12.0 Å². The van der Waals surface area contributed by atoms with E-state index in [1.165, 1.54) is 48.5 Å². The van der Waals surface area contributed by atoms with Crippen molar-refractivity contribution in [2.24, 2.45) is 5.73 Å². The smallest absolute Gasteiger partial charge is 0.343 e. The van der Waals surface area contributed by atoms with Crippen LogP contribution in [0.3, 0.4) is 0 Å². The number of nitrogens with zero attached hydrogens (tertiary/aromatic N) is 1. The molecule has 0 aliphatic carbocycles. The molecule has 0 heterocycles. The number of hydrogen-bond acceptors (Lipinski definition) is 6. The van der Waals surface area contributed by atoms with Crippen LogP contribution < -0.4 is 20.7 Å². The summed E-state index contributed by atoms with van der Waals surface area (Å²) in [5, 5.41) is 28.3. The minimum Gasteiger partial charge on any atom is -0.481 e. The molecule has 0 spiro atoms. The van der Waals surface area contributed by atoms with Gasteiger partial charge in [-0.25, -0.2) is 4.79 Å². The van der Waals surface area contributed by atoms with Gasteiger partial charge in [0.2, 0.25) is 5.91 Å². The molecule has 3 aromatic rings. The maximum absolute atomic E-state index is 12.9. The molecule has 0 aliphatic heterocycles. The van der Waals surface area contributed by atoms with Crippen molar-refractivity contribution >= 4 is 52.8 Å². The third kappa shape index (κ3) is 8.58. The first kappa shape index (κ1) is 28.7. The number of hydrogen-bond donors (Lipinski definition) is 5. The Morgan fingerprint density at radius 3 is 2.18 bits per heavy atom. The van der Waals surface area contributed by atoms with E-state index < -0.39 is 30.4 Å². The van der Waals surface area contributed by atoms with E-state index in [9.17, 15) is 24.3 Å². The lowest BCUT2D eigenvalue weighted by Gasteiger charge is -2.21. The Morgan fingerprint density at radius 1 is 0.949 bits per heavy atom. The van der Waals surface area contributed by atoms with Gasteiger partial charge in [-0.2, -0.15) is 0 Å². The molecule has 12 heteroatoms. The number of nitrogens with one attached hydrogen (secondary N) is 2. The summed E-state index contributed by atoms with van der Waals surface area (Å²) in [6.07, 6.45) is -0.0464. The summed E-state index contributed by atoms with van der Waals surface area (Å²) in [6, 6.07) is 16.8. The van der Waals surface area contributed by atoms with E-state index in [2.05, 4.69) is 5.32 Å². The number of halogens is 1. The number of carbonyl (C=O) groups is 4. The summed E-state index contributed by atoms with van der Waals surface area (Å²) in [6.45, 7) is -0.564. The Balaban J connectivity index is 1.63. The molecule has 0 saturated heterocycles. The van der Waals surface area contributed by atoms with Crippen molar-refractivity contribution in [1.29, 1.82) is 5.41 Å². The van der Waals surface area contributed by atoms with Crippen LogP contribution in [0, 0.1) is 5.41 Å². The van der Waals surface area contributed by atoms with Crippen LogP contribution in [-0.2, 0) is 27.2 Å². The fourth-order valence-electron chi connectivity index (χ4n) is 3.61. The summed E-state index contributed by atoms with van der Waals surface area (Å²) in [4.78, 5) is 48.7. The number of aryl methyl sites for hydroxylation is 1. The SMILES string of the molecule is N=C(N)Nc1ccc(C(=O)Oc2ccc(CCC(=O)N(CC(=O)O)c3ccc(CC(=O)O)cc3)c(Cl)c2)cc1. The van der Waals surface area contributed by atoms with Crippen molar-refractivity contribution < 1.29 is 34.1 Å². The van der Waals surface area contributed by atoms with Gasteiger partial charge in [-0.05, 0) is 66.1 Å². The summed E-state index contributed by atoms with van der Waals surface area (Å²) in [5.74, 6) is -3.33. The van der Waals surface area contributed by atoms with Crippen molar-refractivity contribution in [2.75, 3.05) is 16.8 Å². The Labute approximate surface area is 228 Å². The van der Waals surface area contributed by atoms with Gasteiger partial charge in [-0.1, -0.05) is 29.8 Å². The first-order chi connectivity index (χ1) is 18.5. The maximum Gasteiger partial charge on any atom is 0.343 e. The van der Waals surface area contributed by atoms with Gasteiger partial charge in [0.1, 0.15) is 12.3 Å². The van der Waals surface area contributed by atoms with E-state index >= 15 is 0 Å². The molecule has 3 aromatic carbocycles. The van der Waals surface area contributed by atoms with Gasteiger partial charge < -0.3 is 30.9 Å². The van der Waals surface area contributed by atoms with Gasteiger partial charge in [-0.3, -0.25) is 19.8 Å². The monoisotopic (exact) mass is 552 g/mol. The molecule has 0 atom stereocenters. The first-order valence-electron chi connectivity index (χ1n) is 11.6. The first-order valence-corrected chi connectivity index (χ1v) is 11.9. The van der Waals surface area contributed by atoms with Crippen molar-refractivity contribution in [3.63, 3.8) is 0 Å². The highest BCUT2D eigenvalue weighted by atomic mass is 35.5. The Hall–Kier alpha value is -4.90. The van der Waals surface area contributed by atoms with Crippen molar-refractivity contribution in [3.05, 3.63) is 88.4 Å². The van der Waals surface area contributed by atoms with Crippen molar-refractivity contribution in [3.8, 4) is 5.75 Å². The molecule has 0 unspecified atom stereocenters. The molecule has 3 rings (SSSR count). The van der Waals surface area contributed by atoms with Crippen LogP contribution in [0.15, 0.2) is 66.7 Å². The number of ether oxygens (including phenoxy) is 1. The fraction of sp³-hybridized carbons (Fsp3) is 0.148. The summed E-state index contributed by atoms with van der Waals surface area (Å²) >= 11 is 6.35. The summed E-state index contributed by atoms with van der Waals surface area (Å²) in [5.41, 5.74) is 7.52. The Kier molecular flexibility index (Phi) is 9.60. The van der Waals surface area contributed by atoms with Crippen molar-refractivity contribution in [2.45, 2.75) is 19.3 Å². The predicted molar refractivity (Wildman–Crippen MR) is 144 cm³/mol. The topological polar surface area (TPSA) is 183 Å². The number of anilines is 2. The van der Waals surface area contributed by atoms with Gasteiger partial charge in [0.25, 0.3) is 0 Å². The van der Waals surface area contributed by atoms with E-state index in [-0.39, 0.29) is 41.6 Å². The van der Waals surface area contributed by atoms with Crippen LogP contribution in [-0.4, -0.2) is 46.5 Å². The Bertz CT molecular complexity index is 1390. The molecule has 202 valence electrons. The van der Waals surface area contributed by atoms with Gasteiger partial charge in [0, 0.05) is 22.8 Å². The molecule has 0 bridgehead atoms. The number of rotatable bonds is 11. The second-order valence-electron chi connectivity index (χ2n) is 8.37. The van der Waals surface area contributed by atoms with Crippen LogP contribution in [0.25, 0.3) is 0 Å². The molecule has 0 aromatic heterocycles. The molecule has 11 nitrogen and oxygen atoms in total. The molecule has 0 radical (unpaired) electrons. The van der Waals surface area contributed by atoms with Gasteiger partial charge in [-0.15, -0.1) is 0 Å². The van der Waals surface area contributed by atoms with Crippen LogP contribution in [0.1, 0.15) is 27.9 Å². The minimum atomic E-state index is -1.20. The third-order valence-corrected chi connectivity index (χ3v) is 5.79. The van der Waals surface area contributed by atoms with Gasteiger partial charge >= 0.3 is 17.9 Å². The average molecular weight is 553 g/mol. The number of benzene rings is 3. The van der Waals surface area contributed by atoms with Gasteiger partial charge in [0.15, 0.2) is 5.96 Å². The largest absolute Gasteiger partial charge is 0.481 e. The minimum absolute atomic E-state index is 0.0519. The standard InChI is InChI=1S/C27H25ClN4O7/c28-22-14-21(39-26(38)18-3-7-19(8-4-18)31-27(29)30)11-5-17(22)6-12-23(33)32(15-25(36)37)20-9-1-16(2-10-20)13-24(34)35/h1-5,7-11,14H,6,12-13,15H2,(H,34,35)(H,36,37)(H4,29,30,31).